The fraction of sp³-hybridized carbons (Fsp3) is 0.476. The Kier molecular flexibility index (Phi) is 6.56. The molecule has 3 heterocycles. The first-order valence-electron chi connectivity index (χ1n) is 10.4. The topological polar surface area (TPSA) is 131 Å². The van der Waals surface area contributed by atoms with E-state index in [0.29, 0.717) is 34.8 Å². The molecule has 4 rings (SSSR count). The van der Waals surface area contributed by atoms with E-state index < -0.39 is 21.2 Å². The molecule has 0 amide bonds. The van der Waals surface area contributed by atoms with Crippen molar-refractivity contribution in [3.05, 3.63) is 42.1 Å². The molecule has 0 N–H and O–H groups in total. The monoisotopic (exact) mass is 474 g/mol. The maximum absolute atomic E-state index is 13.4. The van der Waals surface area contributed by atoms with Crippen LogP contribution in [-0.4, -0.2) is 64.7 Å². The zero-order chi connectivity index (χ0) is 23.6. The second kappa shape index (κ2) is 9.40. The summed E-state index contributed by atoms with van der Waals surface area (Å²) < 4.78 is 44.3. The Hall–Kier alpha value is -3.12. The zero-order valence-corrected chi connectivity index (χ0v) is 19.7. The van der Waals surface area contributed by atoms with Gasteiger partial charge in [-0.15, -0.1) is 10.2 Å². The van der Waals surface area contributed by atoms with Gasteiger partial charge in [-0.25, -0.2) is 18.4 Å². The lowest BCUT2D eigenvalue weighted by Gasteiger charge is -2.22. The van der Waals surface area contributed by atoms with Gasteiger partial charge < -0.3 is 18.8 Å². The Morgan fingerprint density at radius 2 is 1.82 bits per heavy atom. The fourth-order valence-electron chi connectivity index (χ4n) is 3.60. The van der Waals surface area contributed by atoms with Gasteiger partial charge in [-0.05, 0) is 25.8 Å². The van der Waals surface area contributed by atoms with E-state index >= 15 is 0 Å². The van der Waals surface area contributed by atoms with Crippen LogP contribution in [0.2, 0.25) is 0 Å². The molecule has 1 saturated carbocycles. The Bertz CT molecular complexity index is 1210. The Labute approximate surface area is 192 Å². The third-order valence-electron chi connectivity index (χ3n) is 5.57. The van der Waals surface area contributed by atoms with E-state index in [0.717, 1.165) is 12.8 Å². The molecule has 0 saturated heterocycles. The number of hydrogen-bond donors (Lipinski definition) is 0. The van der Waals surface area contributed by atoms with Crippen LogP contribution in [0.25, 0.3) is 11.5 Å². The lowest BCUT2D eigenvalue weighted by molar-refractivity contribution is 0.0982. The molecule has 2 atom stereocenters. The van der Waals surface area contributed by atoms with E-state index in [1.54, 1.807) is 19.1 Å². The van der Waals surface area contributed by atoms with E-state index in [2.05, 4.69) is 25.1 Å². The van der Waals surface area contributed by atoms with E-state index in [-0.39, 0.29) is 11.8 Å². The van der Waals surface area contributed by atoms with Gasteiger partial charge in [0.15, 0.2) is 15.7 Å². The van der Waals surface area contributed by atoms with Crippen molar-refractivity contribution in [2.24, 2.45) is 0 Å². The molecule has 1 aliphatic carbocycles. The second-order valence-corrected chi connectivity index (χ2v) is 10.1. The molecule has 33 heavy (non-hydrogen) atoms. The summed E-state index contributed by atoms with van der Waals surface area (Å²) in [6.07, 6.45) is 3.94. The normalized spacial score (nSPS) is 15.8. The molecule has 12 heteroatoms. The molecule has 176 valence electrons. The molecule has 3 aromatic rings. The van der Waals surface area contributed by atoms with Crippen molar-refractivity contribution in [2.75, 3.05) is 21.3 Å². The highest BCUT2D eigenvalue weighted by Crippen LogP contribution is 2.39. The Morgan fingerprint density at radius 3 is 2.42 bits per heavy atom. The van der Waals surface area contributed by atoms with Gasteiger partial charge in [-0.2, -0.15) is 0 Å². The van der Waals surface area contributed by atoms with Gasteiger partial charge in [0.1, 0.15) is 23.4 Å². The van der Waals surface area contributed by atoms with Crippen molar-refractivity contribution >= 4 is 9.84 Å². The van der Waals surface area contributed by atoms with Gasteiger partial charge in [-0.3, -0.25) is 4.98 Å². The van der Waals surface area contributed by atoms with Gasteiger partial charge in [0.05, 0.1) is 37.6 Å². The van der Waals surface area contributed by atoms with Gasteiger partial charge >= 0.3 is 0 Å². The summed E-state index contributed by atoms with van der Waals surface area (Å²) in [4.78, 5) is 12.8. The van der Waals surface area contributed by atoms with E-state index in [4.69, 9.17) is 14.2 Å². The molecular formula is C21H26N6O5S. The van der Waals surface area contributed by atoms with E-state index in [9.17, 15) is 8.42 Å². The second-order valence-electron chi connectivity index (χ2n) is 7.76. The summed E-state index contributed by atoms with van der Waals surface area (Å²) >= 11 is 0. The van der Waals surface area contributed by atoms with Crippen molar-refractivity contribution in [2.45, 2.75) is 42.9 Å². The van der Waals surface area contributed by atoms with Gasteiger partial charge in [0.2, 0.25) is 11.8 Å². The first kappa shape index (κ1) is 23.1. The first-order chi connectivity index (χ1) is 15.9. The third-order valence-corrected chi connectivity index (χ3v) is 7.61. The van der Waals surface area contributed by atoms with Crippen LogP contribution >= 0.6 is 0 Å². The van der Waals surface area contributed by atoms with Crippen LogP contribution in [0.4, 0.5) is 0 Å². The highest BCUT2D eigenvalue weighted by molar-refractivity contribution is 7.91. The lowest BCUT2D eigenvalue weighted by Crippen LogP contribution is -2.29. The van der Waals surface area contributed by atoms with Crippen LogP contribution in [0.15, 0.2) is 30.6 Å². The number of hydrogen-bond acceptors (Lipinski definition) is 10. The van der Waals surface area contributed by atoms with E-state index in [1.165, 1.54) is 33.7 Å². The molecule has 0 aromatic carbocycles. The highest BCUT2D eigenvalue weighted by atomic mass is 32.2. The summed E-state index contributed by atoms with van der Waals surface area (Å²) in [5.41, 5.74) is 0.980. The molecule has 0 aliphatic heterocycles. The maximum atomic E-state index is 13.4. The summed E-state index contributed by atoms with van der Waals surface area (Å²) in [5.74, 6) is 1.40. The number of ether oxygens (including phenoxy) is 3. The smallest absolute Gasteiger partial charge is 0.231 e. The number of nitrogens with zero attached hydrogens (tertiary/aromatic N) is 6. The molecular weight excluding hydrogens is 448 g/mol. The van der Waals surface area contributed by atoms with Crippen LogP contribution in [0, 0.1) is 0 Å². The summed E-state index contributed by atoms with van der Waals surface area (Å²) in [5, 5.41) is 7.60. The number of aromatic nitrogens is 6. The molecule has 11 nitrogen and oxygen atoms in total. The number of methoxy groups -OCH3 is 3. The van der Waals surface area contributed by atoms with E-state index in [1.807, 2.05) is 10.6 Å². The van der Waals surface area contributed by atoms with Crippen molar-refractivity contribution in [3.8, 4) is 23.3 Å². The van der Waals surface area contributed by atoms with Gasteiger partial charge in [0.25, 0.3) is 0 Å². The largest absolute Gasteiger partial charge is 0.481 e. The van der Waals surface area contributed by atoms with Crippen molar-refractivity contribution in [1.82, 2.24) is 29.7 Å². The van der Waals surface area contributed by atoms with Crippen molar-refractivity contribution < 1.29 is 22.6 Å². The van der Waals surface area contributed by atoms with Crippen molar-refractivity contribution in [1.29, 1.82) is 0 Å². The minimum atomic E-state index is -3.69. The van der Waals surface area contributed by atoms with Crippen LogP contribution in [0.1, 0.15) is 43.4 Å². The minimum Gasteiger partial charge on any atom is -0.481 e. The number of rotatable bonds is 10. The quantitative estimate of drug-likeness (QED) is 0.431. The molecule has 0 radical (unpaired) electrons. The Balaban J connectivity index is 1.62. The molecule has 3 aromatic heterocycles. The maximum Gasteiger partial charge on any atom is 0.231 e. The van der Waals surface area contributed by atoms with Crippen LogP contribution in [0.3, 0.4) is 0 Å². The van der Waals surface area contributed by atoms with Crippen LogP contribution < -0.4 is 9.47 Å². The Morgan fingerprint density at radius 1 is 1.06 bits per heavy atom. The predicted molar refractivity (Wildman–Crippen MR) is 118 cm³/mol. The lowest BCUT2D eigenvalue weighted by atomic mass is 10.2. The average Bonchev–Trinajstić information content (AvgIpc) is 3.59. The molecule has 1 fully saturated rings. The van der Waals surface area contributed by atoms with Crippen LogP contribution in [-0.2, 0) is 20.3 Å². The fourth-order valence-corrected chi connectivity index (χ4v) is 5.04. The molecule has 0 unspecified atom stereocenters. The standard InChI is InChI=1S/C21H26N6O5S/c1-13(20(32-4)16-10-23-19(31-3)11-22-16)33(28,29)12-17-25-26-21(27(17)14-8-9-14)15-6-5-7-18(24-15)30-2/h5-7,10-11,13-14,20H,8-9,12H2,1-4H3/t13-,20-/m0/s1. The third kappa shape index (κ3) is 4.81. The summed E-state index contributed by atoms with van der Waals surface area (Å²) in [7, 11) is 0.776. The van der Waals surface area contributed by atoms with Crippen LogP contribution in [0.5, 0.6) is 11.8 Å². The summed E-state index contributed by atoms with van der Waals surface area (Å²) in [6, 6.07) is 5.50. The van der Waals surface area contributed by atoms with Crippen molar-refractivity contribution in [3.63, 3.8) is 0 Å². The molecule has 1 aliphatic rings. The average molecular weight is 475 g/mol. The molecule has 0 spiro atoms. The zero-order valence-electron chi connectivity index (χ0n) is 18.9. The number of pyridine rings is 1. The minimum absolute atomic E-state index is 0.147. The molecule has 0 bridgehead atoms. The number of sulfone groups is 1. The predicted octanol–water partition coefficient (Wildman–Crippen LogP) is 2.17. The summed E-state index contributed by atoms with van der Waals surface area (Å²) in [6.45, 7) is 1.60. The SMILES string of the molecule is COc1cnc([C@@H](OC)[C@H](C)S(=O)(=O)Cc2nnc(-c3cccc(OC)n3)n2C2CC2)cn1. The highest BCUT2D eigenvalue weighted by Gasteiger charge is 2.36. The van der Waals surface area contributed by atoms with Gasteiger partial charge in [0, 0.05) is 19.2 Å². The first-order valence-corrected chi connectivity index (χ1v) is 12.1. The van der Waals surface area contributed by atoms with Gasteiger partial charge in [-0.1, -0.05) is 6.07 Å².